The van der Waals surface area contributed by atoms with Crippen molar-refractivity contribution < 1.29 is 14.3 Å². The van der Waals surface area contributed by atoms with Crippen molar-refractivity contribution >= 4 is 17.6 Å². The van der Waals surface area contributed by atoms with Gasteiger partial charge in [0.05, 0.1) is 12.7 Å². The molecule has 0 saturated carbocycles. The Labute approximate surface area is 166 Å². The number of nitrogens with zero attached hydrogens (tertiary/aromatic N) is 2. The van der Waals surface area contributed by atoms with Gasteiger partial charge in [-0.15, -0.1) is 0 Å². The maximum absolute atomic E-state index is 12.8. The summed E-state index contributed by atoms with van der Waals surface area (Å²) in [5, 5.41) is 0. The lowest BCUT2D eigenvalue weighted by Crippen LogP contribution is -2.48. The number of carbonyl (C=O) groups is 2. The molecule has 1 saturated heterocycles. The maximum atomic E-state index is 12.8. The second-order valence-electron chi connectivity index (χ2n) is 8.15. The molecular weight excluding hydrogens is 352 g/mol. The number of carbonyl (C=O) groups excluding carboxylic acids is 2. The number of rotatable bonds is 3. The molecule has 0 N–H and O–H groups in total. The van der Waals surface area contributed by atoms with E-state index in [1.165, 1.54) is 12.7 Å². The molecule has 0 aromatic heterocycles. The molecule has 1 fully saturated rings. The number of ether oxygens (including phenoxy) is 1. The van der Waals surface area contributed by atoms with E-state index < -0.39 is 0 Å². The Morgan fingerprint density at radius 2 is 1.36 bits per heavy atom. The van der Waals surface area contributed by atoms with Gasteiger partial charge in [-0.1, -0.05) is 32.9 Å². The third-order valence-corrected chi connectivity index (χ3v) is 5.22. The lowest BCUT2D eigenvalue weighted by Gasteiger charge is -2.36. The first-order valence-corrected chi connectivity index (χ1v) is 9.63. The van der Waals surface area contributed by atoms with E-state index in [1.54, 1.807) is 12.1 Å². The lowest BCUT2D eigenvalue weighted by atomic mass is 9.86. The molecular formula is C23H28N2O3. The molecule has 0 atom stereocenters. The number of methoxy groups -OCH3 is 1. The van der Waals surface area contributed by atoms with Crippen molar-refractivity contribution in [1.29, 1.82) is 0 Å². The summed E-state index contributed by atoms with van der Waals surface area (Å²) in [4.78, 5) is 28.5. The van der Waals surface area contributed by atoms with E-state index in [4.69, 9.17) is 4.74 Å². The Bertz CT molecular complexity index is 828. The molecule has 2 aromatic carbocycles. The van der Waals surface area contributed by atoms with E-state index in [9.17, 15) is 9.59 Å². The molecule has 0 bridgehead atoms. The zero-order chi connectivity index (χ0) is 20.3. The first-order chi connectivity index (χ1) is 13.3. The highest BCUT2D eigenvalue weighted by Gasteiger charge is 2.23. The van der Waals surface area contributed by atoms with Crippen LogP contribution in [0.25, 0.3) is 0 Å². The highest BCUT2D eigenvalue weighted by atomic mass is 16.5. The number of esters is 1. The van der Waals surface area contributed by atoms with Crippen molar-refractivity contribution in [3.05, 3.63) is 65.2 Å². The van der Waals surface area contributed by atoms with Gasteiger partial charge in [0, 0.05) is 37.4 Å². The molecule has 1 heterocycles. The first kappa shape index (κ1) is 19.9. The number of amides is 1. The Balaban J connectivity index is 1.60. The molecule has 0 radical (unpaired) electrons. The van der Waals surface area contributed by atoms with Crippen LogP contribution in [0.5, 0.6) is 0 Å². The lowest BCUT2D eigenvalue weighted by molar-refractivity contribution is 0.0600. The van der Waals surface area contributed by atoms with E-state index in [-0.39, 0.29) is 17.3 Å². The van der Waals surface area contributed by atoms with Crippen LogP contribution in [-0.2, 0) is 10.2 Å². The number of benzene rings is 2. The largest absolute Gasteiger partial charge is 0.465 e. The number of hydrogen-bond acceptors (Lipinski definition) is 4. The Hall–Kier alpha value is -2.82. The summed E-state index contributed by atoms with van der Waals surface area (Å²) < 4.78 is 4.73. The normalized spacial score (nSPS) is 14.7. The van der Waals surface area contributed by atoms with Crippen molar-refractivity contribution in [2.45, 2.75) is 26.2 Å². The molecule has 0 unspecified atom stereocenters. The monoisotopic (exact) mass is 380 g/mol. The number of hydrogen-bond donors (Lipinski definition) is 0. The minimum absolute atomic E-state index is 0.0800. The van der Waals surface area contributed by atoms with E-state index in [2.05, 4.69) is 25.7 Å². The molecule has 148 valence electrons. The summed E-state index contributed by atoms with van der Waals surface area (Å²) >= 11 is 0. The van der Waals surface area contributed by atoms with Gasteiger partial charge in [0.25, 0.3) is 5.91 Å². The van der Waals surface area contributed by atoms with Crippen molar-refractivity contribution in [1.82, 2.24) is 4.90 Å². The fourth-order valence-corrected chi connectivity index (χ4v) is 3.39. The summed E-state index contributed by atoms with van der Waals surface area (Å²) in [6.45, 7) is 9.40. The highest BCUT2D eigenvalue weighted by Crippen LogP contribution is 2.23. The zero-order valence-electron chi connectivity index (χ0n) is 17.1. The third kappa shape index (κ3) is 4.35. The van der Waals surface area contributed by atoms with Crippen molar-refractivity contribution in [2.75, 3.05) is 38.2 Å². The average Bonchev–Trinajstić information content (AvgIpc) is 2.72. The molecule has 5 heteroatoms. The molecule has 2 aromatic rings. The predicted molar refractivity (Wildman–Crippen MR) is 111 cm³/mol. The predicted octanol–water partition coefficient (Wildman–Crippen LogP) is 3.73. The van der Waals surface area contributed by atoms with Crippen molar-refractivity contribution in [3.63, 3.8) is 0 Å². The number of anilines is 1. The summed E-state index contributed by atoms with van der Waals surface area (Å²) in [6, 6.07) is 15.4. The minimum Gasteiger partial charge on any atom is -0.465 e. The molecule has 1 amide bonds. The second-order valence-corrected chi connectivity index (χ2v) is 8.15. The first-order valence-electron chi connectivity index (χ1n) is 9.63. The smallest absolute Gasteiger partial charge is 0.337 e. The average molecular weight is 380 g/mol. The van der Waals surface area contributed by atoms with Gasteiger partial charge in [-0.25, -0.2) is 4.79 Å². The van der Waals surface area contributed by atoms with E-state index in [1.807, 2.05) is 41.3 Å². The third-order valence-electron chi connectivity index (χ3n) is 5.22. The molecule has 0 aliphatic carbocycles. The maximum Gasteiger partial charge on any atom is 0.337 e. The van der Waals surface area contributed by atoms with E-state index >= 15 is 0 Å². The molecule has 1 aliphatic rings. The van der Waals surface area contributed by atoms with Gasteiger partial charge >= 0.3 is 5.97 Å². The van der Waals surface area contributed by atoms with E-state index in [0.29, 0.717) is 18.7 Å². The van der Waals surface area contributed by atoms with Gasteiger partial charge in [0.1, 0.15) is 0 Å². The zero-order valence-corrected chi connectivity index (χ0v) is 17.1. The van der Waals surface area contributed by atoms with Crippen LogP contribution in [0.4, 0.5) is 5.69 Å². The number of piperazine rings is 1. The van der Waals surface area contributed by atoms with Crippen molar-refractivity contribution in [3.8, 4) is 0 Å². The fraction of sp³-hybridized carbons (Fsp3) is 0.391. The highest BCUT2D eigenvalue weighted by molar-refractivity contribution is 5.94. The second kappa shape index (κ2) is 8.05. The summed E-state index contributed by atoms with van der Waals surface area (Å²) in [6.07, 6.45) is 0. The molecule has 5 nitrogen and oxygen atoms in total. The van der Waals surface area contributed by atoms with Crippen LogP contribution in [0.2, 0.25) is 0 Å². The summed E-state index contributed by atoms with van der Waals surface area (Å²) in [5.41, 5.74) is 3.64. The van der Waals surface area contributed by atoms with Crippen LogP contribution < -0.4 is 4.90 Å². The van der Waals surface area contributed by atoms with Gasteiger partial charge in [-0.05, 0) is 47.4 Å². The minimum atomic E-state index is -0.334. The van der Waals surface area contributed by atoms with E-state index in [0.717, 1.165) is 24.3 Å². The summed E-state index contributed by atoms with van der Waals surface area (Å²) in [5.74, 6) is -0.249. The molecule has 28 heavy (non-hydrogen) atoms. The van der Waals surface area contributed by atoms with Crippen LogP contribution in [0.15, 0.2) is 48.5 Å². The summed E-state index contributed by atoms with van der Waals surface area (Å²) in [7, 11) is 1.38. The van der Waals surface area contributed by atoms with Crippen molar-refractivity contribution in [2.24, 2.45) is 0 Å². The van der Waals surface area contributed by atoms with Crippen LogP contribution in [0, 0.1) is 0 Å². The topological polar surface area (TPSA) is 49.9 Å². The van der Waals surface area contributed by atoms with Gasteiger partial charge in [0.15, 0.2) is 0 Å². The quantitative estimate of drug-likeness (QED) is 0.762. The van der Waals surface area contributed by atoms with Gasteiger partial charge < -0.3 is 14.5 Å². The Kier molecular flexibility index (Phi) is 5.73. The Morgan fingerprint density at radius 3 is 1.86 bits per heavy atom. The van der Waals surface area contributed by atoms with Gasteiger partial charge in [0.2, 0.25) is 0 Å². The van der Waals surface area contributed by atoms with Crippen LogP contribution >= 0.6 is 0 Å². The molecule has 3 rings (SSSR count). The fourth-order valence-electron chi connectivity index (χ4n) is 3.39. The van der Waals surface area contributed by atoms with Crippen LogP contribution in [0.1, 0.15) is 47.1 Å². The van der Waals surface area contributed by atoms with Gasteiger partial charge in [-0.2, -0.15) is 0 Å². The standard InChI is InChI=1S/C23H28N2O3/c1-23(2,3)19-9-5-17(6-10-19)21(26)25-15-13-24(14-16-25)20-11-7-18(8-12-20)22(27)28-4/h5-12H,13-16H2,1-4H3. The molecule has 0 spiro atoms. The SMILES string of the molecule is COC(=O)c1ccc(N2CCN(C(=O)c3ccc(C(C)(C)C)cc3)CC2)cc1. The Morgan fingerprint density at radius 1 is 0.821 bits per heavy atom. The van der Waals surface area contributed by atoms with Crippen LogP contribution in [-0.4, -0.2) is 50.1 Å². The molecule has 1 aliphatic heterocycles. The van der Waals surface area contributed by atoms with Gasteiger partial charge in [-0.3, -0.25) is 4.79 Å². The van der Waals surface area contributed by atoms with Crippen LogP contribution in [0.3, 0.4) is 0 Å².